The third-order valence-corrected chi connectivity index (χ3v) is 4.71. The van der Waals surface area contributed by atoms with Crippen LogP contribution in [0, 0.1) is 0 Å². The van der Waals surface area contributed by atoms with Crippen molar-refractivity contribution in [2.45, 2.75) is 45.5 Å². The van der Waals surface area contributed by atoms with E-state index in [2.05, 4.69) is 50.5 Å². The molecule has 0 unspecified atom stereocenters. The Kier molecular flexibility index (Phi) is 5.49. The van der Waals surface area contributed by atoms with Gasteiger partial charge in [0.25, 0.3) is 0 Å². The van der Waals surface area contributed by atoms with Crippen LogP contribution in [0.1, 0.15) is 47.8 Å². The van der Waals surface area contributed by atoms with Crippen molar-refractivity contribution in [2.24, 2.45) is 0 Å². The summed E-state index contributed by atoms with van der Waals surface area (Å²) in [6, 6.07) is 8.24. The second-order valence-electron chi connectivity index (χ2n) is 5.02. The molecule has 0 N–H and O–H groups in total. The van der Waals surface area contributed by atoms with E-state index in [9.17, 15) is 0 Å². The Morgan fingerprint density at radius 3 is 2.75 bits per heavy atom. The number of benzene rings is 1. The Morgan fingerprint density at radius 2 is 2.15 bits per heavy atom. The summed E-state index contributed by atoms with van der Waals surface area (Å²) in [7, 11) is 0. The smallest absolute Gasteiger partial charge is 0.140 e. The lowest BCUT2D eigenvalue weighted by molar-refractivity contribution is 0.305. The van der Waals surface area contributed by atoms with E-state index in [0.717, 1.165) is 28.6 Å². The molecule has 2 aromatic rings. The van der Waals surface area contributed by atoms with Crippen molar-refractivity contribution >= 4 is 24.0 Å². The quantitative estimate of drug-likeness (QED) is 0.772. The first-order valence-corrected chi connectivity index (χ1v) is 8.40. The number of rotatable bonds is 6. The zero-order valence-electron chi connectivity index (χ0n) is 12.2. The third-order valence-electron chi connectivity index (χ3n) is 3.13. The van der Waals surface area contributed by atoms with Gasteiger partial charge in [-0.05, 0) is 30.0 Å². The summed E-state index contributed by atoms with van der Waals surface area (Å²) in [6.07, 6.45) is 1.02. The summed E-state index contributed by atoms with van der Waals surface area (Å²) in [4.78, 5) is 5.94. The molecule has 20 heavy (non-hydrogen) atoms. The molecule has 0 fully saturated rings. The van der Waals surface area contributed by atoms with Gasteiger partial charge in [0, 0.05) is 10.6 Å². The molecule has 1 heterocycles. The van der Waals surface area contributed by atoms with Gasteiger partial charge >= 0.3 is 0 Å². The van der Waals surface area contributed by atoms with Crippen molar-refractivity contribution in [1.82, 2.24) is 4.98 Å². The van der Waals surface area contributed by atoms with Crippen molar-refractivity contribution in [3.8, 4) is 5.75 Å². The van der Waals surface area contributed by atoms with E-state index in [4.69, 9.17) is 4.74 Å². The standard InChI is InChI=1S/C16H21NOS2/c1-4-12-6-5-7-13(8-12)18-9-15-17-16(11(2)3)14(10-19)20-15/h5-8,11,19H,4,9-10H2,1-3H3. The Bertz CT molecular complexity index is 563. The van der Waals surface area contributed by atoms with Gasteiger partial charge in [0.2, 0.25) is 0 Å². The summed E-state index contributed by atoms with van der Waals surface area (Å²) in [5, 5.41) is 1.03. The van der Waals surface area contributed by atoms with Crippen molar-refractivity contribution < 1.29 is 4.74 Å². The van der Waals surface area contributed by atoms with E-state index >= 15 is 0 Å². The van der Waals surface area contributed by atoms with Crippen LogP contribution >= 0.6 is 24.0 Å². The largest absolute Gasteiger partial charge is 0.486 e. The number of thiazole rings is 1. The molecule has 1 aromatic heterocycles. The molecule has 2 nitrogen and oxygen atoms in total. The summed E-state index contributed by atoms with van der Waals surface area (Å²) < 4.78 is 5.85. The van der Waals surface area contributed by atoms with Crippen molar-refractivity contribution in [1.29, 1.82) is 0 Å². The van der Waals surface area contributed by atoms with Gasteiger partial charge in [-0.25, -0.2) is 4.98 Å². The average molecular weight is 307 g/mol. The first-order chi connectivity index (χ1) is 9.63. The van der Waals surface area contributed by atoms with Crippen LogP contribution < -0.4 is 4.74 Å². The molecule has 0 radical (unpaired) electrons. The number of aromatic nitrogens is 1. The molecule has 0 amide bonds. The summed E-state index contributed by atoms with van der Waals surface area (Å²) in [5.74, 6) is 2.10. The van der Waals surface area contributed by atoms with Gasteiger partial charge in [-0.3, -0.25) is 0 Å². The second-order valence-corrected chi connectivity index (χ2v) is 6.50. The highest BCUT2D eigenvalue weighted by Crippen LogP contribution is 2.27. The summed E-state index contributed by atoms with van der Waals surface area (Å²) >= 11 is 6.09. The number of nitrogens with zero attached hydrogens (tertiary/aromatic N) is 1. The molecular formula is C16H21NOS2. The fraction of sp³-hybridized carbons (Fsp3) is 0.438. The van der Waals surface area contributed by atoms with Gasteiger partial charge in [0.1, 0.15) is 17.4 Å². The van der Waals surface area contributed by atoms with E-state index < -0.39 is 0 Å². The zero-order chi connectivity index (χ0) is 14.5. The SMILES string of the molecule is CCc1cccc(OCc2nc(C(C)C)c(CS)s2)c1. The normalized spacial score (nSPS) is 11.1. The Labute approximate surface area is 130 Å². The number of ether oxygens (including phenoxy) is 1. The maximum Gasteiger partial charge on any atom is 0.140 e. The monoisotopic (exact) mass is 307 g/mol. The van der Waals surface area contributed by atoms with Gasteiger partial charge in [-0.15, -0.1) is 11.3 Å². The molecule has 0 atom stereocenters. The van der Waals surface area contributed by atoms with Crippen LogP contribution in [-0.4, -0.2) is 4.98 Å². The molecule has 0 aliphatic carbocycles. The van der Waals surface area contributed by atoms with Crippen molar-refractivity contribution in [3.63, 3.8) is 0 Å². The first kappa shape index (κ1) is 15.4. The predicted octanol–water partition coefficient (Wildman–Crippen LogP) is 4.84. The minimum absolute atomic E-state index is 0.436. The Balaban J connectivity index is 2.06. The summed E-state index contributed by atoms with van der Waals surface area (Å²) in [5.41, 5.74) is 2.45. The Morgan fingerprint density at radius 1 is 1.35 bits per heavy atom. The third kappa shape index (κ3) is 3.76. The first-order valence-electron chi connectivity index (χ1n) is 6.95. The topological polar surface area (TPSA) is 22.1 Å². The lowest BCUT2D eigenvalue weighted by Gasteiger charge is -2.05. The highest BCUT2D eigenvalue weighted by Gasteiger charge is 2.13. The molecule has 0 saturated heterocycles. The fourth-order valence-corrected chi connectivity index (χ4v) is 3.39. The molecule has 4 heteroatoms. The fourth-order valence-electron chi connectivity index (χ4n) is 2.04. The van der Waals surface area contributed by atoms with Crippen LogP contribution in [0.3, 0.4) is 0 Å². The van der Waals surface area contributed by atoms with Crippen LogP contribution in [0.25, 0.3) is 0 Å². The molecular weight excluding hydrogens is 286 g/mol. The van der Waals surface area contributed by atoms with Crippen LogP contribution in [0.15, 0.2) is 24.3 Å². The van der Waals surface area contributed by atoms with Gasteiger partial charge < -0.3 is 4.74 Å². The van der Waals surface area contributed by atoms with Crippen LogP contribution in [0.4, 0.5) is 0 Å². The maximum atomic E-state index is 5.85. The number of aryl methyl sites for hydroxylation is 1. The van der Waals surface area contributed by atoms with Gasteiger partial charge in [-0.2, -0.15) is 12.6 Å². The number of hydrogen-bond donors (Lipinski definition) is 1. The number of hydrogen-bond acceptors (Lipinski definition) is 4. The van der Waals surface area contributed by atoms with Crippen LogP contribution in [0.2, 0.25) is 0 Å². The maximum absolute atomic E-state index is 5.85. The lowest BCUT2D eigenvalue weighted by atomic mass is 10.1. The van der Waals surface area contributed by atoms with Crippen molar-refractivity contribution in [3.05, 3.63) is 45.4 Å². The molecule has 0 aliphatic heterocycles. The molecule has 1 aromatic carbocycles. The molecule has 0 spiro atoms. The molecule has 0 saturated carbocycles. The molecule has 108 valence electrons. The highest BCUT2D eigenvalue weighted by atomic mass is 32.1. The second kappa shape index (κ2) is 7.14. The minimum Gasteiger partial charge on any atom is -0.486 e. The molecule has 0 aliphatic rings. The zero-order valence-corrected chi connectivity index (χ0v) is 13.9. The van der Waals surface area contributed by atoms with Crippen LogP contribution in [0.5, 0.6) is 5.75 Å². The Hall–Kier alpha value is -1.000. The minimum atomic E-state index is 0.436. The van der Waals surface area contributed by atoms with Crippen molar-refractivity contribution in [2.75, 3.05) is 0 Å². The molecule has 0 bridgehead atoms. The lowest BCUT2D eigenvalue weighted by Crippen LogP contribution is -1.97. The molecule has 2 rings (SSSR count). The van der Waals surface area contributed by atoms with Gasteiger partial charge in [0.15, 0.2) is 0 Å². The van der Waals surface area contributed by atoms with Gasteiger partial charge in [0.05, 0.1) is 5.69 Å². The highest BCUT2D eigenvalue weighted by molar-refractivity contribution is 7.79. The van der Waals surface area contributed by atoms with Gasteiger partial charge in [-0.1, -0.05) is 32.9 Å². The van der Waals surface area contributed by atoms with E-state index in [-0.39, 0.29) is 0 Å². The summed E-state index contributed by atoms with van der Waals surface area (Å²) in [6.45, 7) is 7.01. The van der Waals surface area contributed by atoms with E-state index in [1.807, 2.05) is 12.1 Å². The average Bonchev–Trinajstić information content (AvgIpc) is 2.89. The number of thiol groups is 1. The van der Waals surface area contributed by atoms with E-state index in [1.54, 1.807) is 11.3 Å². The van der Waals surface area contributed by atoms with E-state index in [1.165, 1.54) is 10.4 Å². The van der Waals surface area contributed by atoms with Crippen LogP contribution in [-0.2, 0) is 18.8 Å². The predicted molar refractivity (Wildman–Crippen MR) is 89.0 cm³/mol. The van der Waals surface area contributed by atoms with E-state index in [0.29, 0.717) is 12.5 Å².